The van der Waals surface area contributed by atoms with Gasteiger partial charge in [0.15, 0.2) is 5.96 Å². The molecule has 5 heteroatoms. The molecule has 1 N–H and O–H groups in total. The van der Waals surface area contributed by atoms with Gasteiger partial charge in [-0.1, -0.05) is 25.5 Å². The Morgan fingerprint density at radius 1 is 1.08 bits per heavy atom. The van der Waals surface area contributed by atoms with E-state index in [-0.39, 0.29) is 0 Å². The van der Waals surface area contributed by atoms with Gasteiger partial charge in [-0.25, -0.2) is 0 Å². The topological polar surface area (TPSA) is 40.1 Å². The molecule has 0 atom stereocenters. The zero-order valence-corrected chi connectivity index (χ0v) is 16.0. The SMILES string of the molecule is CCCCN(C)C(=NC)NCc1ccc(OCCCN(C)C)cc1. The highest BCUT2D eigenvalue weighted by atomic mass is 16.5. The van der Waals surface area contributed by atoms with Gasteiger partial charge in [0.1, 0.15) is 5.75 Å². The van der Waals surface area contributed by atoms with Crippen molar-refractivity contribution in [2.24, 2.45) is 4.99 Å². The Morgan fingerprint density at radius 3 is 2.38 bits per heavy atom. The summed E-state index contributed by atoms with van der Waals surface area (Å²) in [6.45, 7) is 5.80. The zero-order valence-electron chi connectivity index (χ0n) is 16.0. The van der Waals surface area contributed by atoms with E-state index in [0.717, 1.165) is 44.4 Å². The molecule has 1 rings (SSSR count). The number of hydrogen-bond donors (Lipinski definition) is 1. The first-order valence-corrected chi connectivity index (χ1v) is 8.85. The molecule has 0 aliphatic carbocycles. The number of benzene rings is 1. The number of ether oxygens (including phenoxy) is 1. The number of guanidine groups is 1. The van der Waals surface area contributed by atoms with Crippen molar-refractivity contribution in [1.82, 2.24) is 15.1 Å². The number of unbranched alkanes of at least 4 members (excludes halogenated alkanes) is 1. The van der Waals surface area contributed by atoms with Crippen LogP contribution in [0.4, 0.5) is 0 Å². The van der Waals surface area contributed by atoms with E-state index >= 15 is 0 Å². The van der Waals surface area contributed by atoms with Crippen molar-refractivity contribution >= 4 is 5.96 Å². The summed E-state index contributed by atoms with van der Waals surface area (Å²) in [6.07, 6.45) is 3.41. The minimum absolute atomic E-state index is 0.755. The smallest absolute Gasteiger partial charge is 0.193 e. The van der Waals surface area contributed by atoms with Crippen LogP contribution in [0.1, 0.15) is 31.7 Å². The van der Waals surface area contributed by atoms with E-state index in [1.54, 1.807) is 0 Å². The van der Waals surface area contributed by atoms with E-state index < -0.39 is 0 Å². The van der Waals surface area contributed by atoms with Crippen LogP contribution in [-0.2, 0) is 6.54 Å². The zero-order chi connectivity index (χ0) is 17.8. The van der Waals surface area contributed by atoms with Crippen molar-refractivity contribution in [3.05, 3.63) is 29.8 Å². The highest BCUT2D eigenvalue weighted by Gasteiger charge is 2.05. The van der Waals surface area contributed by atoms with Crippen LogP contribution in [0.5, 0.6) is 5.75 Å². The Balaban J connectivity index is 2.38. The van der Waals surface area contributed by atoms with E-state index in [0.29, 0.717) is 0 Å². The van der Waals surface area contributed by atoms with Crippen molar-refractivity contribution in [2.45, 2.75) is 32.7 Å². The number of nitrogens with one attached hydrogen (secondary N) is 1. The second kappa shape index (κ2) is 11.7. The average molecular weight is 335 g/mol. The fourth-order valence-electron chi connectivity index (χ4n) is 2.34. The second-order valence-corrected chi connectivity index (χ2v) is 6.33. The third kappa shape index (κ3) is 8.20. The summed E-state index contributed by atoms with van der Waals surface area (Å²) in [5.74, 6) is 1.87. The molecule has 0 aromatic heterocycles. The number of rotatable bonds is 10. The lowest BCUT2D eigenvalue weighted by atomic mass is 10.2. The minimum atomic E-state index is 0.755. The molecule has 0 spiro atoms. The van der Waals surface area contributed by atoms with Gasteiger partial charge < -0.3 is 19.9 Å². The van der Waals surface area contributed by atoms with Crippen molar-refractivity contribution in [3.63, 3.8) is 0 Å². The van der Waals surface area contributed by atoms with Crippen molar-refractivity contribution < 1.29 is 4.74 Å². The Hall–Kier alpha value is -1.75. The molecule has 0 bridgehead atoms. The lowest BCUT2D eigenvalue weighted by molar-refractivity contribution is 0.281. The third-order valence-corrected chi connectivity index (χ3v) is 3.81. The van der Waals surface area contributed by atoms with Gasteiger partial charge in [0.05, 0.1) is 6.61 Å². The highest BCUT2D eigenvalue weighted by Crippen LogP contribution is 2.12. The van der Waals surface area contributed by atoms with Crippen molar-refractivity contribution in [1.29, 1.82) is 0 Å². The highest BCUT2D eigenvalue weighted by molar-refractivity contribution is 5.79. The molecule has 0 fully saturated rings. The van der Waals surface area contributed by atoms with Gasteiger partial charge in [0.2, 0.25) is 0 Å². The maximum atomic E-state index is 5.76. The molecule has 5 nitrogen and oxygen atoms in total. The quantitative estimate of drug-likeness (QED) is 0.406. The first-order chi connectivity index (χ1) is 11.6. The van der Waals surface area contributed by atoms with E-state index in [2.05, 4.69) is 60.3 Å². The fourth-order valence-corrected chi connectivity index (χ4v) is 2.34. The van der Waals surface area contributed by atoms with Gasteiger partial charge in [-0.2, -0.15) is 0 Å². The van der Waals surface area contributed by atoms with Crippen LogP contribution in [-0.4, -0.2) is 63.6 Å². The summed E-state index contributed by atoms with van der Waals surface area (Å²) in [7, 11) is 8.07. The molecule has 0 unspecified atom stereocenters. The summed E-state index contributed by atoms with van der Waals surface area (Å²) < 4.78 is 5.76. The molecule has 0 aliphatic heterocycles. The Labute approximate surface area is 147 Å². The predicted octanol–water partition coefficient (Wildman–Crippen LogP) is 2.82. The first kappa shape index (κ1) is 20.3. The lowest BCUT2D eigenvalue weighted by Gasteiger charge is -2.21. The maximum absolute atomic E-state index is 5.76. The van der Waals surface area contributed by atoms with E-state index in [4.69, 9.17) is 4.74 Å². The molecular weight excluding hydrogens is 300 g/mol. The number of hydrogen-bond acceptors (Lipinski definition) is 3. The summed E-state index contributed by atoms with van der Waals surface area (Å²) in [5, 5.41) is 3.41. The average Bonchev–Trinajstić information content (AvgIpc) is 2.58. The van der Waals surface area contributed by atoms with E-state index in [9.17, 15) is 0 Å². The predicted molar refractivity (Wildman–Crippen MR) is 103 cm³/mol. The minimum Gasteiger partial charge on any atom is -0.494 e. The summed E-state index contributed by atoms with van der Waals surface area (Å²) >= 11 is 0. The van der Waals surface area contributed by atoms with Crippen LogP contribution >= 0.6 is 0 Å². The fraction of sp³-hybridized carbons (Fsp3) is 0.632. The normalized spacial score (nSPS) is 11.7. The Bertz CT molecular complexity index is 471. The third-order valence-electron chi connectivity index (χ3n) is 3.81. The lowest BCUT2D eigenvalue weighted by Crippen LogP contribution is -2.38. The van der Waals surface area contributed by atoms with Gasteiger partial charge >= 0.3 is 0 Å². The molecule has 0 saturated carbocycles. The molecule has 136 valence electrons. The molecule has 24 heavy (non-hydrogen) atoms. The van der Waals surface area contributed by atoms with E-state index in [1.165, 1.54) is 18.4 Å². The summed E-state index contributed by atoms with van der Waals surface area (Å²) in [4.78, 5) is 8.68. The molecule has 0 aliphatic rings. The molecule has 1 aromatic rings. The van der Waals surface area contributed by atoms with Gasteiger partial charge in [-0.15, -0.1) is 0 Å². The summed E-state index contributed by atoms with van der Waals surface area (Å²) in [6, 6.07) is 8.29. The molecular formula is C19H34N4O. The number of nitrogens with zero attached hydrogens (tertiary/aromatic N) is 3. The molecule has 0 saturated heterocycles. The monoisotopic (exact) mass is 334 g/mol. The van der Waals surface area contributed by atoms with Crippen LogP contribution in [0.3, 0.4) is 0 Å². The van der Waals surface area contributed by atoms with Crippen molar-refractivity contribution in [3.8, 4) is 5.75 Å². The standard InChI is InChI=1S/C19H34N4O/c1-6-7-14-23(5)19(20-2)21-16-17-9-11-18(12-10-17)24-15-8-13-22(3)4/h9-12H,6-8,13-16H2,1-5H3,(H,20,21). The van der Waals surface area contributed by atoms with Crippen LogP contribution in [0.2, 0.25) is 0 Å². The van der Waals surface area contributed by atoms with Gasteiger partial charge in [0, 0.05) is 33.7 Å². The largest absolute Gasteiger partial charge is 0.494 e. The van der Waals surface area contributed by atoms with Crippen LogP contribution in [0.25, 0.3) is 0 Å². The second-order valence-electron chi connectivity index (χ2n) is 6.33. The van der Waals surface area contributed by atoms with Crippen LogP contribution < -0.4 is 10.1 Å². The number of aliphatic imine (C=N–C) groups is 1. The molecule has 1 aromatic carbocycles. The first-order valence-electron chi connectivity index (χ1n) is 8.85. The van der Waals surface area contributed by atoms with Crippen LogP contribution in [0.15, 0.2) is 29.3 Å². The Morgan fingerprint density at radius 2 is 1.79 bits per heavy atom. The molecule has 0 heterocycles. The van der Waals surface area contributed by atoms with Gasteiger partial charge in [-0.3, -0.25) is 4.99 Å². The van der Waals surface area contributed by atoms with Gasteiger partial charge in [0.25, 0.3) is 0 Å². The molecule has 0 amide bonds. The van der Waals surface area contributed by atoms with E-state index in [1.807, 2.05) is 19.2 Å². The van der Waals surface area contributed by atoms with Gasteiger partial charge in [-0.05, 0) is 44.6 Å². The van der Waals surface area contributed by atoms with Crippen molar-refractivity contribution in [2.75, 3.05) is 47.9 Å². The maximum Gasteiger partial charge on any atom is 0.193 e. The van der Waals surface area contributed by atoms with Crippen LogP contribution in [0, 0.1) is 0 Å². The Kier molecular flexibility index (Phi) is 9.92. The summed E-state index contributed by atoms with van der Waals surface area (Å²) in [5.41, 5.74) is 1.22. The molecule has 0 radical (unpaired) electrons.